The molecule has 0 unspecified atom stereocenters. The smallest absolute Gasteiger partial charge is 0.243 e. The van der Waals surface area contributed by atoms with Crippen molar-refractivity contribution in [1.82, 2.24) is 10.2 Å². The Labute approximate surface area is 249 Å². The van der Waals surface area contributed by atoms with Crippen molar-refractivity contribution in [2.75, 3.05) is 5.75 Å². The molecule has 0 saturated heterocycles. The van der Waals surface area contributed by atoms with Crippen LogP contribution in [-0.2, 0) is 28.3 Å². The highest BCUT2D eigenvalue weighted by atomic mass is 35.5. The summed E-state index contributed by atoms with van der Waals surface area (Å²) in [6.45, 7) is 4.17. The monoisotopic (exact) mass is 610 g/mol. The standard InChI is InChI=1S/C29H30Cl4N2O2S/c1-3-19(2)34-29(37)27(14-20-7-5-4-6-8-20)35(16-21-9-12-24(31)26(33)13-21)28(36)18-38-17-22-10-11-23(30)15-25(22)32/h4-13,15,19,27H,3,14,16-18H2,1-2H3,(H,34,37)/t19-,27+/m1/s1. The van der Waals surface area contributed by atoms with Crippen LogP contribution in [0.25, 0.3) is 0 Å². The lowest BCUT2D eigenvalue weighted by molar-refractivity contribution is -0.139. The second-order valence-corrected chi connectivity index (χ2v) is 11.7. The second kappa shape index (κ2) is 15.0. The Hall–Kier alpha value is -1.89. The molecule has 0 aliphatic rings. The summed E-state index contributed by atoms with van der Waals surface area (Å²) < 4.78 is 0. The summed E-state index contributed by atoms with van der Waals surface area (Å²) >= 11 is 26.2. The highest BCUT2D eigenvalue weighted by Crippen LogP contribution is 2.27. The molecular formula is C29H30Cl4N2O2S. The fraction of sp³-hybridized carbons (Fsp3) is 0.310. The SMILES string of the molecule is CC[C@@H](C)NC(=O)[C@H](Cc1ccccc1)N(Cc1ccc(Cl)c(Cl)c1)C(=O)CSCc1ccc(Cl)cc1Cl. The molecule has 202 valence electrons. The zero-order valence-electron chi connectivity index (χ0n) is 21.2. The van der Waals surface area contributed by atoms with Crippen molar-refractivity contribution in [2.45, 2.75) is 51.1 Å². The maximum Gasteiger partial charge on any atom is 0.243 e. The van der Waals surface area contributed by atoms with Crippen LogP contribution in [0.15, 0.2) is 66.7 Å². The molecule has 3 aromatic rings. The average Bonchev–Trinajstić information content (AvgIpc) is 2.89. The van der Waals surface area contributed by atoms with Gasteiger partial charge in [0, 0.05) is 34.8 Å². The molecule has 0 heterocycles. The van der Waals surface area contributed by atoms with Crippen LogP contribution in [0.1, 0.15) is 37.0 Å². The first kappa shape index (κ1) is 30.6. The number of thioether (sulfide) groups is 1. The molecule has 9 heteroatoms. The molecule has 4 nitrogen and oxygen atoms in total. The van der Waals surface area contributed by atoms with E-state index in [9.17, 15) is 9.59 Å². The Morgan fingerprint density at radius 1 is 0.895 bits per heavy atom. The van der Waals surface area contributed by atoms with E-state index in [-0.39, 0.29) is 30.2 Å². The van der Waals surface area contributed by atoms with Gasteiger partial charge in [0.2, 0.25) is 11.8 Å². The zero-order chi connectivity index (χ0) is 27.7. The summed E-state index contributed by atoms with van der Waals surface area (Å²) in [7, 11) is 0. The molecule has 0 radical (unpaired) electrons. The average molecular weight is 612 g/mol. The lowest BCUT2D eigenvalue weighted by Gasteiger charge is -2.32. The molecule has 2 atom stereocenters. The number of carbonyl (C=O) groups excluding carboxylic acids is 2. The molecule has 38 heavy (non-hydrogen) atoms. The quantitative estimate of drug-likeness (QED) is 0.225. The van der Waals surface area contributed by atoms with Crippen molar-refractivity contribution in [3.63, 3.8) is 0 Å². The second-order valence-electron chi connectivity index (χ2n) is 9.02. The number of amides is 2. The first-order valence-electron chi connectivity index (χ1n) is 12.3. The summed E-state index contributed by atoms with van der Waals surface area (Å²) in [5.41, 5.74) is 2.64. The third-order valence-corrected chi connectivity index (χ3v) is 8.40. The molecule has 3 rings (SSSR count). The fourth-order valence-electron chi connectivity index (χ4n) is 3.80. The molecule has 0 aromatic heterocycles. The van der Waals surface area contributed by atoms with E-state index in [1.165, 1.54) is 11.8 Å². The maximum atomic E-state index is 13.7. The Kier molecular flexibility index (Phi) is 12.1. The number of carbonyl (C=O) groups is 2. The Balaban J connectivity index is 1.88. The van der Waals surface area contributed by atoms with Gasteiger partial charge in [-0.25, -0.2) is 0 Å². The molecule has 0 bridgehead atoms. The number of benzene rings is 3. The maximum absolute atomic E-state index is 13.7. The predicted molar refractivity (Wildman–Crippen MR) is 161 cm³/mol. The minimum atomic E-state index is -0.715. The van der Waals surface area contributed by atoms with E-state index in [0.29, 0.717) is 32.3 Å². The van der Waals surface area contributed by atoms with Crippen molar-refractivity contribution in [3.8, 4) is 0 Å². The Morgan fingerprint density at radius 2 is 1.63 bits per heavy atom. The van der Waals surface area contributed by atoms with E-state index < -0.39 is 6.04 Å². The van der Waals surface area contributed by atoms with Crippen molar-refractivity contribution >= 4 is 70.0 Å². The first-order chi connectivity index (χ1) is 18.2. The predicted octanol–water partition coefficient (Wildman–Crippen LogP) is 8.09. The summed E-state index contributed by atoms with van der Waals surface area (Å²) in [4.78, 5) is 28.9. The van der Waals surface area contributed by atoms with Gasteiger partial charge in [-0.2, -0.15) is 0 Å². The minimum Gasteiger partial charge on any atom is -0.352 e. The summed E-state index contributed by atoms with van der Waals surface area (Å²) in [6.07, 6.45) is 1.16. The largest absolute Gasteiger partial charge is 0.352 e. The highest BCUT2D eigenvalue weighted by molar-refractivity contribution is 7.99. The fourth-order valence-corrected chi connectivity index (χ4v) is 5.59. The van der Waals surface area contributed by atoms with E-state index in [4.69, 9.17) is 46.4 Å². The molecule has 0 aliphatic heterocycles. The first-order valence-corrected chi connectivity index (χ1v) is 14.9. The number of nitrogens with one attached hydrogen (secondary N) is 1. The van der Waals surface area contributed by atoms with Crippen LogP contribution in [0.4, 0.5) is 0 Å². The lowest BCUT2D eigenvalue weighted by atomic mass is 10.0. The van der Waals surface area contributed by atoms with E-state index in [0.717, 1.165) is 23.1 Å². The number of hydrogen-bond acceptors (Lipinski definition) is 3. The van der Waals surface area contributed by atoms with Gasteiger partial charge in [-0.05, 0) is 54.3 Å². The van der Waals surface area contributed by atoms with E-state index >= 15 is 0 Å². The topological polar surface area (TPSA) is 49.4 Å². The lowest BCUT2D eigenvalue weighted by Crippen LogP contribution is -2.52. The van der Waals surface area contributed by atoms with Gasteiger partial charge in [0.25, 0.3) is 0 Å². The molecule has 2 amide bonds. The molecular weight excluding hydrogens is 582 g/mol. The van der Waals surface area contributed by atoms with Crippen molar-refractivity contribution in [3.05, 3.63) is 104 Å². The third kappa shape index (κ3) is 9.10. The van der Waals surface area contributed by atoms with Crippen molar-refractivity contribution < 1.29 is 9.59 Å². The van der Waals surface area contributed by atoms with Gasteiger partial charge in [0.15, 0.2) is 0 Å². The summed E-state index contributed by atoms with van der Waals surface area (Å²) in [5.74, 6) is 0.348. The van der Waals surface area contributed by atoms with Gasteiger partial charge >= 0.3 is 0 Å². The van der Waals surface area contributed by atoms with Gasteiger partial charge in [0.05, 0.1) is 15.8 Å². The third-order valence-electron chi connectivity index (χ3n) is 6.11. The van der Waals surface area contributed by atoms with Gasteiger partial charge < -0.3 is 10.2 Å². The minimum absolute atomic E-state index is 0.0240. The van der Waals surface area contributed by atoms with E-state index in [1.807, 2.05) is 56.3 Å². The van der Waals surface area contributed by atoms with Gasteiger partial charge in [-0.3, -0.25) is 9.59 Å². The van der Waals surface area contributed by atoms with Gasteiger partial charge in [-0.15, -0.1) is 11.8 Å². The zero-order valence-corrected chi connectivity index (χ0v) is 25.1. The van der Waals surface area contributed by atoms with Gasteiger partial charge in [-0.1, -0.05) is 95.8 Å². The molecule has 1 N–H and O–H groups in total. The number of hydrogen-bond donors (Lipinski definition) is 1. The molecule has 0 saturated carbocycles. The van der Waals surface area contributed by atoms with Crippen LogP contribution in [0.2, 0.25) is 20.1 Å². The molecule has 0 fully saturated rings. The van der Waals surface area contributed by atoms with Crippen LogP contribution in [0, 0.1) is 0 Å². The highest BCUT2D eigenvalue weighted by Gasteiger charge is 2.31. The number of rotatable bonds is 12. The number of halogens is 4. The van der Waals surface area contributed by atoms with Gasteiger partial charge in [0.1, 0.15) is 6.04 Å². The molecule has 0 spiro atoms. The van der Waals surface area contributed by atoms with Crippen LogP contribution < -0.4 is 5.32 Å². The van der Waals surface area contributed by atoms with Crippen molar-refractivity contribution in [2.24, 2.45) is 0 Å². The summed E-state index contributed by atoms with van der Waals surface area (Å²) in [5, 5.41) is 5.01. The Bertz CT molecular complexity index is 1240. The van der Waals surface area contributed by atoms with E-state index in [2.05, 4.69) is 5.32 Å². The van der Waals surface area contributed by atoms with E-state index in [1.54, 1.807) is 29.2 Å². The number of nitrogens with zero attached hydrogens (tertiary/aromatic N) is 1. The van der Waals surface area contributed by atoms with Crippen molar-refractivity contribution in [1.29, 1.82) is 0 Å². The van der Waals surface area contributed by atoms with Crippen LogP contribution in [0.3, 0.4) is 0 Å². The molecule has 0 aliphatic carbocycles. The van der Waals surface area contributed by atoms with Crippen LogP contribution in [0.5, 0.6) is 0 Å². The Morgan fingerprint density at radius 3 is 2.29 bits per heavy atom. The molecule has 3 aromatic carbocycles. The van der Waals surface area contributed by atoms with Crippen LogP contribution in [-0.4, -0.2) is 34.6 Å². The van der Waals surface area contributed by atoms with Crippen LogP contribution >= 0.6 is 58.2 Å². The summed E-state index contributed by atoms with van der Waals surface area (Å²) in [6, 6.07) is 19.5. The normalized spacial score (nSPS) is 12.6.